The van der Waals surface area contributed by atoms with Gasteiger partial charge in [-0.1, -0.05) is 68.4 Å². The minimum atomic E-state index is -1.25. The van der Waals surface area contributed by atoms with Gasteiger partial charge < -0.3 is 10.2 Å². The Morgan fingerprint density at radius 3 is 1.78 bits per heavy atom. The Morgan fingerprint density at radius 2 is 1.30 bits per heavy atom. The van der Waals surface area contributed by atoms with Crippen LogP contribution in [0.2, 0.25) is 0 Å². The first-order valence-electron chi connectivity index (χ1n) is 8.69. The molecule has 0 rings (SSSR count). The molecule has 0 amide bonds. The third-order valence-corrected chi connectivity index (χ3v) is 3.35. The standard InChI is InChI=1S/C20H32O3/c1-2-3-4-5-6-7-8-9-10-11-12-13-14-15-16-17-18-19(21)20(22)23/h6-7,9-10,12-13,15-16,19,21H,2-5,8,11,14,17-18H2,1H3,(H,22,23)/t19-/m1/s1. The van der Waals surface area contributed by atoms with E-state index in [1.54, 1.807) is 0 Å². The quantitative estimate of drug-likeness (QED) is 0.342. The molecule has 23 heavy (non-hydrogen) atoms. The molecule has 0 saturated carbocycles. The van der Waals surface area contributed by atoms with Crippen molar-refractivity contribution in [1.29, 1.82) is 0 Å². The van der Waals surface area contributed by atoms with Gasteiger partial charge >= 0.3 is 5.97 Å². The van der Waals surface area contributed by atoms with Gasteiger partial charge in [-0.3, -0.25) is 0 Å². The molecule has 0 aliphatic heterocycles. The maximum Gasteiger partial charge on any atom is 0.332 e. The molecular formula is C20H32O3. The predicted molar refractivity (Wildman–Crippen MR) is 97.4 cm³/mol. The van der Waals surface area contributed by atoms with Crippen molar-refractivity contribution in [2.45, 2.75) is 70.8 Å². The Labute approximate surface area is 141 Å². The molecule has 0 heterocycles. The van der Waals surface area contributed by atoms with Gasteiger partial charge in [0.2, 0.25) is 0 Å². The third-order valence-electron chi connectivity index (χ3n) is 3.35. The van der Waals surface area contributed by atoms with Crippen LogP contribution in [0, 0.1) is 0 Å². The van der Waals surface area contributed by atoms with Crippen molar-refractivity contribution in [2.24, 2.45) is 0 Å². The Hall–Kier alpha value is -1.61. The molecule has 0 aromatic carbocycles. The molecule has 2 N–H and O–H groups in total. The average molecular weight is 320 g/mol. The first-order chi connectivity index (χ1) is 11.2. The molecule has 130 valence electrons. The van der Waals surface area contributed by atoms with E-state index in [4.69, 9.17) is 10.2 Å². The molecule has 0 bridgehead atoms. The number of aliphatic hydroxyl groups excluding tert-OH is 1. The minimum Gasteiger partial charge on any atom is -0.479 e. The summed E-state index contributed by atoms with van der Waals surface area (Å²) in [6.45, 7) is 2.22. The summed E-state index contributed by atoms with van der Waals surface area (Å²) in [5, 5.41) is 17.6. The number of carboxylic acid groups (broad SMARTS) is 1. The molecule has 1 atom stereocenters. The van der Waals surface area contributed by atoms with E-state index in [9.17, 15) is 4.79 Å². The van der Waals surface area contributed by atoms with Gasteiger partial charge in [-0.2, -0.15) is 0 Å². The second-order valence-electron chi connectivity index (χ2n) is 5.52. The highest BCUT2D eigenvalue weighted by atomic mass is 16.4. The molecule has 0 aliphatic carbocycles. The summed E-state index contributed by atoms with van der Waals surface area (Å²) in [5.74, 6) is -1.15. The van der Waals surface area contributed by atoms with Crippen LogP contribution in [-0.2, 0) is 4.79 Å². The minimum absolute atomic E-state index is 0.268. The van der Waals surface area contributed by atoms with Gasteiger partial charge in [0.05, 0.1) is 0 Å². The molecule has 0 aromatic heterocycles. The van der Waals surface area contributed by atoms with Crippen LogP contribution in [0.4, 0.5) is 0 Å². The summed E-state index contributed by atoms with van der Waals surface area (Å²) in [5.41, 5.74) is 0. The van der Waals surface area contributed by atoms with Crippen molar-refractivity contribution in [2.75, 3.05) is 0 Å². The number of carboxylic acids is 1. The Bertz CT molecular complexity index is 392. The topological polar surface area (TPSA) is 57.5 Å². The highest BCUT2D eigenvalue weighted by Gasteiger charge is 2.10. The SMILES string of the molecule is CCCCCC=CCC=CCC=CCC=CCC[C@@H](O)C(=O)O. The number of rotatable bonds is 14. The molecule has 0 saturated heterocycles. The van der Waals surface area contributed by atoms with E-state index in [-0.39, 0.29) is 6.42 Å². The summed E-state index contributed by atoms with van der Waals surface area (Å²) in [7, 11) is 0. The lowest BCUT2D eigenvalue weighted by molar-refractivity contribution is -0.146. The summed E-state index contributed by atoms with van der Waals surface area (Å²) in [6.07, 6.45) is 24.4. The normalized spacial score (nSPS) is 13.8. The Morgan fingerprint density at radius 1 is 0.826 bits per heavy atom. The van der Waals surface area contributed by atoms with E-state index in [0.29, 0.717) is 6.42 Å². The molecule has 0 radical (unpaired) electrons. The van der Waals surface area contributed by atoms with Gasteiger partial charge in [0.15, 0.2) is 6.10 Å². The summed E-state index contributed by atoms with van der Waals surface area (Å²) >= 11 is 0. The number of allylic oxidation sites excluding steroid dienone is 8. The van der Waals surface area contributed by atoms with Crippen molar-refractivity contribution in [3.05, 3.63) is 48.6 Å². The number of unbranched alkanes of at least 4 members (excludes halogenated alkanes) is 3. The second-order valence-corrected chi connectivity index (χ2v) is 5.52. The molecule has 0 unspecified atom stereocenters. The zero-order valence-electron chi connectivity index (χ0n) is 14.4. The predicted octanol–water partition coefficient (Wildman–Crippen LogP) is 5.19. The lowest BCUT2D eigenvalue weighted by Crippen LogP contribution is -2.18. The van der Waals surface area contributed by atoms with Crippen LogP contribution in [-0.4, -0.2) is 22.3 Å². The zero-order valence-corrected chi connectivity index (χ0v) is 14.4. The number of aliphatic carboxylic acids is 1. The molecule has 0 aromatic rings. The first kappa shape index (κ1) is 21.4. The third kappa shape index (κ3) is 16.6. The van der Waals surface area contributed by atoms with Crippen LogP contribution in [0.3, 0.4) is 0 Å². The van der Waals surface area contributed by atoms with Crippen LogP contribution in [0.5, 0.6) is 0 Å². The highest BCUT2D eigenvalue weighted by molar-refractivity contribution is 5.71. The molecular weight excluding hydrogens is 288 g/mol. The maximum absolute atomic E-state index is 10.4. The fraction of sp³-hybridized carbons (Fsp3) is 0.550. The highest BCUT2D eigenvalue weighted by Crippen LogP contribution is 2.01. The van der Waals surface area contributed by atoms with Gasteiger partial charge in [0, 0.05) is 0 Å². The van der Waals surface area contributed by atoms with Crippen LogP contribution in [0.25, 0.3) is 0 Å². The van der Waals surface area contributed by atoms with Crippen molar-refractivity contribution < 1.29 is 15.0 Å². The Balaban J connectivity index is 3.49. The lowest BCUT2D eigenvalue weighted by atomic mass is 10.2. The molecule has 0 aliphatic rings. The summed E-state index contributed by atoms with van der Waals surface area (Å²) in [6, 6.07) is 0. The first-order valence-corrected chi connectivity index (χ1v) is 8.69. The van der Waals surface area contributed by atoms with E-state index in [1.807, 2.05) is 12.2 Å². The molecule has 0 fully saturated rings. The lowest BCUT2D eigenvalue weighted by Gasteiger charge is -2.00. The van der Waals surface area contributed by atoms with Crippen LogP contribution in [0.1, 0.15) is 64.7 Å². The van der Waals surface area contributed by atoms with Gasteiger partial charge in [0.1, 0.15) is 0 Å². The van der Waals surface area contributed by atoms with E-state index in [2.05, 4.69) is 43.4 Å². The van der Waals surface area contributed by atoms with Crippen molar-refractivity contribution in [3.8, 4) is 0 Å². The average Bonchev–Trinajstić information content (AvgIpc) is 2.54. The zero-order chi connectivity index (χ0) is 17.2. The van der Waals surface area contributed by atoms with Gasteiger partial charge in [0.25, 0.3) is 0 Å². The molecule has 0 spiro atoms. The molecule has 3 nitrogen and oxygen atoms in total. The van der Waals surface area contributed by atoms with Crippen LogP contribution >= 0.6 is 0 Å². The van der Waals surface area contributed by atoms with E-state index < -0.39 is 12.1 Å². The largest absolute Gasteiger partial charge is 0.479 e. The second kappa shape index (κ2) is 16.8. The fourth-order valence-corrected chi connectivity index (χ4v) is 1.94. The van der Waals surface area contributed by atoms with Crippen molar-refractivity contribution in [3.63, 3.8) is 0 Å². The van der Waals surface area contributed by atoms with Gasteiger partial charge in [-0.05, 0) is 44.9 Å². The number of hydrogen-bond donors (Lipinski definition) is 2. The van der Waals surface area contributed by atoms with E-state index in [0.717, 1.165) is 19.3 Å². The van der Waals surface area contributed by atoms with Crippen LogP contribution in [0.15, 0.2) is 48.6 Å². The summed E-state index contributed by atoms with van der Waals surface area (Å²) < 4.78 is 0. The van der Waals surface area contributed by atoms with Crippen LogP contribution < -0.4 is 0 Å². The van der Waals surface area contributed by atoms with E-state index >= 15 is 0 Å². The van der Waals surface area contributed by atoms with E-state index in [1.165, 1.54) is 25.7 Å². The van der Waals surface area contributed by atoms with Crippen molar-refractivity contribution in [1.82, 2.24) is 0 Å². The maximum atomic E-state index is 10.4. The fourth-order valence-electron chi connectivity index (χ4n) is 1.94. The van der Waals surface area contributed by atoms with Gasteiger partial charge in [-0.25, -0.2) is 4.79 Å². The number of hydrogen-bond acceptors (Lipinski definition) is 2. The Kier molecular flexibility index (Phi) is 15.6. The smallest absolute Gasteiger partial charge is 0.332 e. The summed E-state index contributed by atoms with van der Waals surface area (Å²) in [4.78, 5) is 10.4. The molecule has 3 heteroatoms. The monoisotopic (exact) mass is 320 g/mol. The van der Waals surface area contributed by atoms with Gasteiger partial charge in [-0.15, -0.1) is 0 Å². The number of carbonyl (C=O) groups is 1. The number of aliphatic hydroxyl groups is 1. The van der Waals surface area contributed by atoms with Crippen molar-refractivity contribution >= 4 is 5.97 Å².